The summed E-state index contributed by atoms with van der Waals surface area (Å²) < 4.78 is 41.0. The van der Waals surface area contributed by atoms with Crippen LogP contribution in [0.4, 0.5) is 18.9 Å². The Morgan fingerprint density at radius 1 is 1.32 bits per heavy atom. The SMILES string of the molecule is CCCNC(=O)c1c(NC(=O)CCn2nc(C(F)(F)F)c(Br)c2C)cnn1C. The zero-order chi connectivity index (χ0) is 21.1. The number of hydrogen-bond donors (Lipinski definition) is 2. The van der Waals surface area contributed by atoms with Gasteiger partial charge in [0.05, 0.1) is 28.6 Å². The number of anilines is 1. The van der Waals surface area contributed by atoms with E-state index in [1.807, 2.05) is 6.92 Å². The van der Waals surface area contributed by atoms with Gasteiger partial charge in [0.2, 0.25) is 5.91 Å². The van der Waals surface area contributed by atoms with E-state index in [-0.39, 0.29) is 40.4 Å². The zero-order valence-corrected chi connectivity index (χ0v) is 17.1. The van der Waals surface area contributed by atoms with E-state index in [0.29, 0.717) is 6.54 Å². The second-order valence-electron chi connectivity index (χ2n) is 6.05. The van der Waals surface area contributed by atoms with Crippen LogP contribution in [0.5, 0.6) is 0 Å². The Morgan fingerprint density at radius 3 is 2.57 bits per heavy atom. The fraction of sp³-hybridized carbons (Fsp3) is 0.500. The summed E-state index contributed by atoms with van der Waals surface area (Å²) in [5, 5.41) is 12.8. The molecule has 12 heteroatoms. The lowest BCUT2D eigenvalue weighted by atomic mass is 10.3. The Bertz CT molecular complexity index is 875. The molecule has 2 amide bonds. The summed E-state index contributed by atoms with van der Waals surface area (Å²) in [7, 11) is 1.57. The van der Waals surface area contributed by atoms with Gasteiger partial charge in [-0.05, 0) is 29.3 Å². The predicted molar refractivity (Wildman–Crippen MR) is 98.7 cm³/mol. The van der Waals surface area contributed by atoms with Crippen LogP contribution >= 0.6 is 15.9 Å². The Labute approximate surface area is 167 Å². The van der Waals surface area contributed by atoms with E-state index < -0.39 is 17.8 Å². The first-order chi connectivity index (χ1) is 13.1. The van der Waals surface area contributed by atoms with Crippen LogP contribution in [-0.2, 0) is 24.6 Å². The van der Waals surface area contributed by atoms with E-state index in [1.165, 1.54) is 17.8 Å². The maximum atomic E-state index is 12.9. The van der Waals surface area contributed by atoms with Crippen LogP contribution in [0, 0.1) is 6.92 Å². The number of aryl methyl sites for hydroxylation is 2. The Morgan fingerprint density at radius 2 is 2.00 bits per heavy atom. The van der Waals surface area contributed by atoms with Crippen molar-refractivity contribution in [2.45, 2.75) is 39.4 Å². The van der Waals surface area contributed by atoms with Gasteiger partial charge in [-0.15, -0.1) is 0 Å². The first kappa shape index (κ1) is 21.9. The van der Waals surface area contributed by atoms with Gasteiger partial charge in [0.1, 0.15) is 5.69 Å². The van der Waals surface area contributed by atoms with Crippen LogP contribution in [0.15, 0.2) is 10.7 Å². The van der Waals surface area contributed by atoms with Gasteiger partial charge in [0.15, 0.2) is 5.69 Å². The van der Waals surface area contributed by atoms with Gasteiger partial charge in [-0.3, -0.25) is 19.0 Å². The summed E-state index contributed by atoms with van der Waals surface area (Å²) in [6.45, 7) is 3.81. The van der Waals surface area contributed by atoms with Crippen molar-refractivity contribution in [3.63, 3.8) is 0 Å². The monoisotopic (exact) mass is 464 g/mol. The maximum Gasteiger partial charge on any atom is 0.436 e. The second-order valence-corrected chi connectivity index (χ2v) is 6.85. The van der Waals surface area contributed by atoms with Gasteiger partial charge < -0.3 is 10.6 Å². The third kappa shape index (κ3) is 4.91. The molecule has 0 saturated heterocycles. The summed E-state index contributed by atoms with van der Waals surface area (Å²) in [6.07, 6.45) is -2.62. The normalized spacial score (nSPS) is 11.5. The summed E-state index contributed by atoms with van der Waals surface area (Å²) >= 11 is 2.89. The molecule has 2 aromatic heterocycles. The van der Waals surface area contributed by atoms with Crippen molar-refractivity contribution in [3.8, 4) is 0 Å². The number of nitrogens with zero attached hydrogens (tertiary/aromatic N) is 4. The number of aromatic nitrogens is 4. The van der Waals surface area contributed by atoms with Crippen LogP contribution in [0.3, 0.4) is 0 Å². The fourth-order valence-electron chi connectivity index (χ4n) is 2.46. The number of carbonyl (C=O) groups is 2. The number of alkyl halides is 3. The van der Waals surface area contributed by atoms with E-state index in [1.54, 1.807) is 7.05 Å². The molecule has 154 valence electrons. The molecule has 0 bridgehead atoms. The molecule has 0 aliphatic heterocycles. The molecule has 28 heavy (non-hydrogen) atoms. The maximum absolute atomic E-state index is 12.9. The van der Waals surface area contributed by atoms with Crippen LogP contribution < -0.4 is 10.6 Å². The minimum absolute atomic E-state index is 0.0516. The van der Waals surface area contributed by atoms with Crippen LogP contribution in [0.2, 0.25) is 0 Å². The third-order valence-corrected chi connectivity index (χ3v) is 4.87. The molecular weight excluding hydrogens is 445 g/mol. The highest BCUT2D eigenvalue weighted by molar-refractivity contribution is 9.10. The predicted octanol–water partition coefficient (Wildman–Crippen LogP) is 2.87. The third-order valence-electron chi connectivity index (χ3n) is 3.92. The molecule has 0 atom stereocenters. The van der Waals surface area contributed by atoms with Gasteiger partial charge >= 0.3 is 6.18 Å². The van der Waals surface area contributed by atoms with Crippen molar-refractivity contribution in [2.75, 3.05) is 11.9 Å². The van der Waals surface area contributed by atoms with Crippen LogP contribution in [0.1, 0.15) is 41.6 Å². The quantitative estimate of drug-likeness (QED) is 0.658. The van der Waals surface area contributed by atoms with Crippen molar-refractivity contribution in [1.29, 1.82) is 0 Å². The molecule has 2 rings (SSSR count). The molecule has 0 aliphatic rings. The smallest absolute Gasteiger partial charge is 0.351 e. The van der Waals surface area contributed by atoms with Crippen molar-refractivity contribution >= 4 is 33.4 Å². The lowest BCUT2D eigenvalue weighted by molar-refractivity contribution is -0.142. The Kier molecular flexibility index (Phi) is 6.86. The molecule has 0 saturated carbocycles. The molecule has 0 fully saturated rings. The van der Waals surface area contributed by atoms with Gasteiger partial charge in [-0.25, -0.2) is 0 Å². The van der Waals surface area contributed by atoms with Gasteiger partial charge in [0, 0.05) is 20.0 Å². The van der Waals surface area contributed by atoms with Crippen LogP contribution in [-0.4, -0.2) is 37.9 Å². The van der Waals surface area contributed by atoms with Gasteiger partial charge in [-0.2, -0.15) is 23.4 Å². The minimum Gasteiger partial charge on any atom is -0.351 e. The lowest BCUT2D eigenvalue weighted by Gasteiger charge is -2.09. The number of amides is 2. The van der Waals surface area contributed by atoms with E-state index in [0.717, 1.165) is 11.1 Å². The average Bonchev–Trinajstić information content (AvgIpc) is 3.11. The lowest BCUT2D eigenvalue weighted by Crippen LogP contribution is -2.27. The Hall–Kier alpha value is -2.37. The van der Waals surface area contributed by atoms with E-state index in [4.69, 9.17) is 0 Å². The van der Waals surface area contributed by atoms with Crippen molar-refractivity contribution in [1.82, 2.24) is 24.9 Å². The van der Waals surface area contributed by atoms with Crippen molar-refractivity contribution < 1.29 is 22.8 Å². The van der Waals surface area contributed by atoms with Crippen molar-refractivity contribution in [3.05, 3.63) is 27.8 Å². The summed E-state index contributed by atoms with van der Waals surface area (Å²) in [6, 6.07) is 0. The highest BCUT2D eigenvalue weighted by atomic mass is 79.9. The minimum atomic E-state index is -4.59. The first-order valence-electron chi connectivity index (χ1n) is 8.46. The average molecular weight is 465 g/mol. The van der Waals surface area contributed by atoms with E-state index in [2.05, 4.69) is 36.8 Å². The van der Waals surface area contributed by atoms with E-state index in [9.17, 15) is 22.8 Å². The van der Waals surface area contributed by atoms with Gasteiger partial charge in [0.25, 0.3) is 5.91 Å². The Balaban J connectivity index is 2.06. The zero-order valence-electron chi connectivity index (χ0n) is 15.5. The molecule has 0 aliphatic carbocycles. The highest BCUT2D eigenvalue weighted by Gasteiger charge is 2.37. The fourth-order valence-corrected chi connectivity index (χ4v) is 2.97. The molecule has 0 unspecified atom stereocenters. The molecule has 0 spiro atoms. The van der Waals surface area contributed by atoms with Crippen LogP contribution in [0.25, 0.3) is 0 Å². The number of carbonyl (C=O) groups excluding carboxylic acids is 2. The number of rotatable bonds is 7. The number of nitrogens with one attached hydrogen (secondary N) is 2. The summed E-state index contributed by atoms with van der Waals surface area (Å²) in [5.74, 6) is -0.851. The molecule has 2 N–H and O–H groups in total. The molecule has 8 nitrogen and oxygen atoms in total. The van der Waals surface area contributed by atoms with E-state index >= 15 is 0 Å². The molecule has 2 aromatic rings. The second kappa shape index (κ2) is 8.76. The molecular formula is C16H20BrF3N6O2. The standard InChI is InChI=1S/C16H20BrF3N6O2/c1-4-6-21-15(28)13-10(8-22-25(13)3)23-11(27)5-7-26-9(2)12(17)14(24-26)16(18,19)20/h8H,4-7H2,1-3H3,(H,21,28)(H,23,27). The summed E-state index contributed by atoms with van der Waals surface area (Å²) in [4.78, 5) is 24.4. The topological polar surface area (TPSA) is 93.8 Å². The van der Waals surface area contributed by atoms with Gasteiger partial charge in [-0.1, -0.05) is 6.92 Å². The summed E-state index contributed by atoms with van der Waals surface area (Å²) in [5.41, 5.74) is -0.344. The highest BCUT2D eigenvalue weighted by Crippen LogP contribution is 2.35. The van der Waals surface area contributed by atoms with Crippen molar-refractivity contribution in [2.24, 2.45) is 7.05 Å². The molecule has 0 aromatic carbocycles. The number of halogens is 4. The molecule has 2 heterocycles. The molecule has 0 radical (unpaired) electrons. The first-order valence-corrected chi connectivity index (χ1v) is 9.25. The number of hydrogen-bond acceptors (Lipinski definition) is 4. The largest absolute Gasteiger partial charge is 0.436 e.